The van der Waals surface area contributed by atoms with E-state index in [-0.39, 0.29) is 10.8 Å². The van der Waals surface area contributed by atoms with Crippen LogP contribution in [0.1, 0.15) is 13.8 Å². The van der Waals surface area contributed by atoms with Crippen molar-refractivity contribution in [1.29, 1.82) is 0 Å². The number of sulfonamides is 1. The first-order valence-corrected chi connectivity index (χ1v) is 11.0. The van der Waals surface area contributed by atoms with Crippen LogP contribution in [-0.2, 0) is 14.8 Å². The van der Waals surface area contributed by atoms with Gasteiger partial charge >= 0.3 is 0 Å². The van der Waals surface area contributed by atoms with Crippen LogP contribution in [0.2, 0.25) is 0 Å². The molecule has 3 rings (SSSR count). The fourth-order valence-electron chi connectivity index (χ4n) is 2.47. The van der Waals surface area contributed by atoms with E-state index < -0.39 is 22.0 Å². The number of hydrogen-bond acceptors (Lipinski definition) is 6. The summed E-state index contributed by atoms with van der Waals surface area (Å²) in [6.45, 7) is 3.39. The highest BCUT2D eigenvalue weighted by Gasteiger charge is 2.29. The smallest absolute Gasteiger partial charge is 0.261 e. The third-order valence-electron chi connectivity index (χ3n) is 3.86. The van der Waals surface area contributed by atoms with Gasteiger partial charge in [0.2, 0.25) is 10.0 Å². The highest BCUT2D eigenvalue weighted by atomic mass is 32.2. The van der Waals surface area contributed by atoms with Crippen molar-refractivity contribution >= 4 is 39.5 Å². The van der Waals surface area contributed by atoms with Crippen molar-refractivity contribution in [1.82, 2.24) is 10.2 Å². The van der Waals surface area contributed by atoms with Crippen LogP contribution in [0.15, 0.2) is 66.9 Å². The molecular formula is C17H18N2O4S3. The lowest BCUT2D eigenvalue weighted by Gasteiger charge is -2.21. The van der Waals surface area contributed by atoms with E-state index in [0.717, 1.165) is 19.6 Å². The van der Waals surface area contributed by atoms with Gasteiger partial charge in [-0.1, -0.05) is 49.5 Å². The van der Waals surface area contributed by atoms with Gasteiger partial charge in [0.05, 0.1) is 4.90 Å². The summed E-state index contributed by atoms with van der Waals surface area (Å²) >= 11 is 3.11. The predicted octanol–water partition coefficient (Wildman–Crippen LogP) is 3.11. The highest BCUT2D eigenvalue weighted by molar-refractivity contribution is 8.05. The van der Waals surface area contributed by atoms with Crippen LogP contribution in [0, 0.1) is 5.92 Å². The number of hydroxylamine groups is 1. The number of hydrogen-bond donors (Lipinski definition) is 3. The van der Waals surface area contributed by atoms with Crippen molar-refractivity contribution in [2.75, 3.05) is 0 Å². The van der Waals surface area contributed by atoms with Gasteiger partial charge in [0.1, 0.15) is 6.04 Å². The molecule has 0 aromatic heterocycles. The first-order chi connectivity index (χ1) is 12.3. The minimum absolute atomic E-state index is 0.0834. The Kier molecular flexibility index (Phi) is 5.64. The molecule has 9 heteroatoms. The lowest BCUT2D eigenvalue weighted by Crippen LogP contribution is -2.48. The van der Waals surface area contributed by atoms with Gasteiger partial charge in [0, 0.05) is 19.6 Å². The molecule has 3 N–H and O–H groups in total. The second-order valence-corrected chi connectivity index (χ2v) is 9.96. The Morgan fingerprint density at radius 3 is 2.15 bits per heavy atom. The summed E-state index contributed by atoms with van der Waals surface area (Å²) in [5.74, 6) is -1.12. The van der Waals surface area contributed by atoms with Gasteiger partial charge in [-0.3, -0.25) is 10.0 Å². The van der Waals surface area contributed by atoms with Crippen molar-refractivity contribution in [3.63, 3.8) is 0 Å². The molecule has 0 bridgehead atoms. The van der Waals surface area contributed by atoms with Crippen molar-refractivity contribution in [2.24, 2.45) is 5.92 Å². The van der Waals surface area contributed by atoms with E-state index >= 15 is 0 Å². The van der Waals surface area contributed by atoms with Gasteiger partial charge in [0.25, 0.3) is 5.91 Å². The average Bonchev–Trinajstić information content (AvgIpc) is 2.63. The number of benzene rings is 2. The van der Waals surface area contributed by atoms with Gasteiger partial charge in [-0.15, -0.1) is 0 Å². The van der Waals surface area contributed by atoms with Crippen molar-refractivity contribution < 1.29 is 18.4 Å². The van der Waals surface area contributed by atoms with Gasteiger partial charge in [-0.25, -0.2) is 13.9 Å². The molecule has 26 heavy (non-hydrogen) atoms. The fraction of sp³-hybridized carbons (Fsp3) is 0.235. The summed E-state index contributed by atoms with van der Waals surface area (Å²) in [5, 5.41) is 8.83. The Morgan fingerprint density at radius 1 is 1.00 bits per heavy atom. The summed E-state index contributed by atoms with van der Waals surface area (Å²) in [6.07, 6.45) is 0. The zero-order valence-electron chi connectivity index (χ0n) is 14.1. The standard InChI is InChI=1S/C17H18N2O4S3/c1-10(2)16(17(20)18-21)19-26(22,23)11-7-8-14-15(9-11)25-13-6-4-3-5-12(13)24-14/h3-10,16,19,21H,1-2H3,(H,18,20)/t16-/m0/s1. The molecule has 1 atom stereocenters. The molecule has 0 radical (unpaired) electrons. The number of carbonyl (C=O) groups is 1. The maximum atomic E-state index is 12.7. The topological polar surface area (TPSA) is 95.5 Å². The molecule has 2 aromatic rings. The number of nitrogens with one attached hydrogen (secondary N) is 2. The minimum Gasteiger partial charge on any atom is -0.289 e. The lowest BCUT2D eigenvalue weighted by molar-refractivity contribution is -0.131. The fourth-order valence-corrected chi connectivity index (χ4v) is 6.17. The van der Waals surface area contributed by atoms with E-state index in [1.165, 1.54) is 23.3 Å². The first-order valence-electron chi connectivity index (χ1n) is 7.87. The highest BCUT2D eigenvalue weighted by Crippen LogP contribution is 2.48. The van der Waals surface area contributed by atoms with Crippen LogP contribution in [0.25, 0.3) is 0 Å². The van der Waals surface area contributed by atoms with Crippen LogP contribution in [0.5, 0.6) is 0 Å². The Bertz CT molecular complexity index is 945. The molecule has 0 fully saturated rings. The number of carbonyl (C=O) groups excluding carboxylic acids is 1. The lowest BCUT2D eigenvalue weighted by atomic mass is 10.1. The van der Waals surface area contributed by atoms with Crippen molar-refractivity contribution in [3.05, 3.63) is 42.5 Å². The first kappa shape index (κ1) is 19.2. The Balaban J connectivity index is 1.89. The summed E-state index contributed by atoms with van der Waals surface area (Å²) in [4.78, 5) is 15.9. The van der Waals surface area contributed by atoms with Crippen LogP contribution >= 0.6 is 23.5 Å². The summed E-state index contributed by atoms with van der Waals surface area (Å²) in [7, 11) is -3.92. The Morgan fingerprint density at radius 2 is 1.58 bits per heavy atom. The normalized spacial score (nSPS) is 14.5. The van der Waals surface area contributed by atoms with Crippen LogP contribution < -0.4 is 10.2 Å². The molecule has 0 saturated carbocycles. The van der Waals surface area contributed by atoms with E-state index in [1.54, 1.807) is 37.7 Å². The van der Waals surface area contributed by atoms with Gasteiger partial charge in [0.15, 0.2) is 0 Å². The molecule has 1 aliphatic rings. The monoisotopic (exact) mass is 410 g/mol. The van der Waals surface area contributed by atoms with Crippen molar-refractivity contribution in [3.8, 4) is 0 Å². The summed E-state index contributed by atoms with van der Waals surface area (Å²) < 4.78 is 27.8. The van der Waals surface area contributed by atoms with Crippen LogP contribution in [-0.4, -0.2) is 25.6 Å². The average molecular weight is 411 g/mol. The molecule has 0 saturated heterocycles. The predicted molar refractivity (Wildman–Crippen MR) is 100 cm³/mol. The molecule has 6 nitrogen and oxygen atoms in total. The molecular weight excluding hydrogens is 392 g/mol. The van der Waals surface area contributed by atoms with Crippen molar-refractivity contribution in [2.45, 2.75) is 44.4 Å². The Hall–Kier alpha value is -1.52. The quantitative estimate of drug-likeness (QED) is 0.442. The SMILES string of the molecule is CC(C)[C@H](NS(=O)(=O)c1ccc2c(c1)Sc1ccccc1S2)C(=O)NO. The molecule has 1 heterocycles. The third-order valence-corrected chi connectivity index (χ3v) is 7.84. The number of rotatable bonds is 5. The van der Waals surface area contributed by atoms with Gasteiger partial charge < -0.3 is 0 Å². The second-order valence-electron chi connectivity index (χ2n) is 6.08. The Labute approximate surface area is 160 Å². The molecule has 0 unspecified atom stereocenters. The van der Waals surface area contributed by atoms with Crippen LogP contribution in [0.4, 0.5) is 0 Å². The number of fused-ring (bicyclic) bond motifs is 2. The molecule has 0 aliphatic carbocycles. The van der Waals surface area contributed by atoms with E-state index in [2.05, 4.69) is 4.72 Å². The van der Waals surface area contributed by atoms with E-state index in [4.69, 9.17) is 5.21 Å². The van der Waals surface area contributed by atoms with E-state index in [1.807, 2.05) is 24.3 Å². The molecule has 2 aromatic carbocycles. The minimum atomic E-state index is -3.92. The van der Waals surface area contributed by atoms with Gasteiger partial charge in [-0.2, -0.15) is 4.72 Å². The maximum absolute atomic E-state index is 12.7. The largest absolute Gasteiger partial charge is 0.289 e. The molecule has 0 spiro atoms. The molecule has 138 valence electrons. The zero-order chi connectivity index (χ0) is 18.9. The van der Waals surface area contributed by atoms with Gasteiger partial charge in [-0.05, 0) is 36.2 Å². The maximum Gasteiger partial charge on any atom is 0.261 e. The third kappa shape index (κ3) is 3.91. The summed E-state index contributed by atoms with van der Waals surface area (Å²) in [6, 6.07) is 11.8. The number of amides is 1. The zero-order valence-corrected chi connectivity index (χ0v) is 16.5. The summed E-state index contributed by atoms with van der Waals surface area (Å²) in [5.41, 5.74) is 1.51. The second kappa shape index (κ2) is 7.61. The molecule has 1 amide bonds. The molecule has 1 aliphatic heterocycles. The van der Waals surface area contributed by atoms with Crippen LogP contribution in [0.3, 0.4) is 0 Å². The van der Waals surface area contributed by atoms with E-state index in [9.17, 15) is 13.2 Å². The van der Waals surface area contributed by atoms with E-state index in [0.29, 0.717) is 0 Å².